The number of hydrogen-bond donors (Lipinski definition) is 0. The zero-order valence-electron chi connectivity index (χ0n) is 10.9. The SMILES string of the molecule is COC(=O)c1ccc(Oc2ccc(C(=O)OC)o2)cc1. The van der Waals surface area contributed by atoms with Gasteiger partial charge in [-0.2, -0.15) is 0 Å². The highest BCUT2D eigenvalue weighted by Gasteiger charge is 2.12. The molecule has 6 heteroatoms. The molecule has 20 heavy (non-hydrogen) atoms. The van der Waals surface area contributed by atoms with Crippen molar-refractivity contribution in [3.8, 4) is 11.7 Å². The quantitative estimate of drug-likeness (QED) is 0.799. The van der Waals surface area contributed by atoms with Crippen LogP contribution in [0.15, 0.2) is 40.8 Å². The van der Waals surface area contributed by atoms with Gasteiger partial charge in [-0.1, -0.05) is 0 Å². The van der Waals surface area contributed by atoms with Crippen LogP contribution >= 0.6 is 0 Å². The first-order valence-electron chi connectivity index (χ1n) is 5.68. The van der Waals surface area contributed by atoms with E-state index in [2.05, 4.69) is 9.47 Å². The van der Waals surface area contributed by atoms with Gasteiger partial charge >= 0.3 is 11.9 Å². The molecule has 0 aliphatic heterocycles. The van der Waals surface area contributed by atoms with Gasteiger partial charge in [-0.05, 0) is 30.3 Å². The van der Waals surface area contributed by atoms with Gasteiger partial charge in [0.15, 0.2) is 0 Å². The van der Waals surface area contributed by atoms with Gasteiger partial charge in [0.05, 0.1) is 19.8 Å². The number of ether oxygens (including phenoxy) is 3. The second-order valence-corrected chi connectivity index (χ2v) is 3.73. The maximum atomic E-state index is 11.3. The fraction of sp³-hybridized carbons (Fsp3) is 0.143. The molecule has 0 N–H and O–H groups in total. The standard InChI is InChI=1S/C14H12O6/c1-17-13(15)9-3-5-10(6-4-9)19-12-8-7-11(20-12)14(16)18-2/h3-8H,1-2H3. The molecular formula is C14H12O6. The molecule has 0 amide bonds. The van der Waals surface area contributed by atoms with E-state index < -0.39 is 11.9 Å². The van der Waals surface area contributed by atoms with Crippen molar-refractivity contribution >= 4 is 11.9 Å². The average Bonchev–Trinajstić information content (AvgIpc) is 2.95. The molecule has 0 bridgehead atoms. The van der Waals surface area contributed by atoms with Crippen LogP contribution in [0.4, 0.5) is 0 Å². The van der Waals surface area contributed by atoms with Crippen molar-refractivity contribution in [3.63, 3.8) is 0 Å². The molecule has 0 spiro atoms. The summed E-state index contributed by atoms with van der Waals surface area (Å²) in [6, 6.07) is 9.25. The summed E-state index contributed by atoms with van der Waals surface area (Å²) in [5.41, 5.74) is 0.412. The van der Waals surface area contributed by atoms with Crippen molar-refractivity contribution in [1.82, 2.24) is 0 Å². The van der Waals surface area contributed by atoms with E-state index in [4.69, 9.17) is 9.15 Å². The summed E-state index contributed by atoms with van der Waals surface area (Å²) in [6.45, 7) is 0. The van der Waals surface area contributed by atoms with Crippen molar-refractivity contribution in [1.29, 1.82) is 0 Å². The molecule has 2 rings (SSSR count). The molecule has 0 aliphatic rings. The molecule has 1 aromatic carbocycles. The lowest BCUT2D eigenvalue weighted by Crippen LogP contribution is -2.00. The van der Waals surface area contributed by atoms with E-state index in [1.165, 1.54) is 26.4 Å². The summed E-state index contributed by atoms with van der Waals surface area (Å²) in [4.78, 5) is 22.5. The minimum atomic E-state index is -0.583. The van der Waals surface area contributed by atoms with Gasteiger partial charge in [0, 0.05) is 6.07 Å². The molecule has 1 aromatic heterocycles. The molecule has 0 atom stereocenters. The molecule has 2 aromatic rings. The van der Waals surface area contributed by atoms with Crippen molar-refractivity contribution in [2.75, 3.05) is 14.2 Å². The Morgan fingerprint density at radius 3 is 2.15 bits per heavy atom. The number of benzene rings is 1. The van der Waals surface area contributed by atoms with Gasteiger partial charge in [0.25, 0.3) is 5.95 Å². The predicted octanol–water partition coefficient (Wildman–Crippen LogP) is 2.65. The minimum Gasteiger partial charge on any atom is -0.465 e. The normalized spacial score (nSPS) is 9.90. The van der Waals surface area contributed by atoms with Gasteiger partial charge in [0.1, 0.15) is 5.75 Å². The van der Waals surface area contributed by atoms with Crippen molar-refractivity contribution in [2.45, 2.75) is 0 Å². The molecular weight excluding hydrogens is 264 g/mol. The molecule has 0 saturated heterocycles. The van der Waals surface area contributed by atoms with Crippen molar-refractivity contribution in [2.24, 2.45) is 0 Å². The van der Waals surface area contributed by atoms with Crippen LogP contribution in [0.5, 0.6) is 11.7 Å². The van der Waals surface area contributed by atoms with Gasteiger partial charge in [0.2, 0.25) is 5.76 Å². The molecule has 1 heterocycles. The second-order valence-electron chi connectivity index (χ2n) is 3.73. The summed E-state index contributed by atoms with van der Waals surface area (Å²) < 4.78 is 19.6. The Morgan fingerprint density at radius 2 is 1.55 bits per heavy atom. The van der Waals surface area contributed by atoms with E-state index in [9.17, 15) is 9.59 Å². The molecule has 0 saturated carbocycles. The molecule has 0 fully saturated rings. The summed E-state index contributed by atoms with van der Waals surface area (Å²) in [5, 5.41) is 0. The van der Waals surface area contributed by atoms with E-state index >= 15 is 0 Å². The monoisotopic (exact) mass is 276 g/mol. The Bertz CT molecular complexity index is 611. The third-order valence-electron chi connectivity index (χ3n) is 2.46. The van der Waals surface area contributed by atoms with Gasteiger partial charge in [-0.3, -0.25) is 0 Å². The highest BCUT2D eigenvalue weighted by Crippen LogP contribution is 2.24. The molecule has 0 radical (unpaired) electrons. The molecule has 0 unspecified atom stereocenters. The Morgan fingerprint density at radius 1 is 0.900 bits per heavy atom. The highest BCUT2D eigenvalue weighted by molar-refractivity contribution is 5.89. The van der Waals surface area contributed by atoms with Crippen LogP contribution in [0.25, 0.3) is 0 Å². The predicted molar refractivity (Wildman–Crippen MR) is 67.9 cm³/mol. The zero-order chi connectivity index (χ0) is 14.5. The Kier molecular flexibility index (Phi) is 4.05. The Balaban J connectivity index is 2.08. The first-order valence-corrected chi connectivity index (χ1v) is 5.68. The van der Waals surface area contributed by atoms with E-state index in [1.807, 2.05) is 0 Å². The van der Waals surface area contributed by atoms with E-state index in [-0.39, 0.29) is 11.7 Å². The molecule has 104 valence electrons. The lowest BCUT2D eigenvalue weighted by atomic mass is 10.2. The average molecular weight is 276 g/mol. The lowest BCUT2D eigenvalue weighted by molar-refractivity contribution is 0.0558. The highest BCUT2D eigenvalue weighted by atomic mass is 16.6. The van der Waals surface area contributed by atoms with Crippen LogP contribution in [0, 0.1) is 0 Å². The number of furan rings is 1. The topological polar surface area (TPSA) is 75.0 Å². The van der Waals surface area contributed by atoms with Crippen LogP contribution in [-0.2, 0) is 9.47 Å². The first-order chi connectivity index (χ1) is 9.63. The summed E-state index contributed by atoms with van der Waals surface area (Å²) >= 11 is 0. The maximum absolute atomic E-state index is 11.3. The minimum absolute atomic E-state index is 0.0497. The van der Waals surface area contributed by atoms with E-state index in [0.717, 1.165) is 0 Å². The molecule has 0 aliphatic carbocycles. The van der Waals surface area contributed by atoms with E-state index in [0.29, 0.717) is 11.3 Å². The van der Waals surface area contributed by atoms with Crippen LogP contribution in [0.3, 0.4) is 0 Å². The number of methoxy groups -OCH3 is 2. The number of carbonyl (C=O) groups is 2. The zero-order valence-corrected chi connectivity index (χ0v) is 10.9. The van der Waals surface area contributed by atoms with Crippen molar-refractivity contribution in [3.05, 3.63) is 47.7 Å². The number of esters is 2. The van der Waals surface area contributed by atoms with Gasteiger partial charge in [-0.15, -0.1) is 0 Å². The second kappa shape index (κ2) is 5.92. The smallest absolute Gasteiger partial charge is 0.374 e. The number of rotatable bonds is 4. The third-order valence-corrected chi connectivity index (χ3v) is 2.46. The largest absolute Gasteiger partial charge is 0.465 e. The maximum Gasteiger partial charge on any atom is 0.374 e. The number of carbonyl (C=O) groups excluding carboxylic acids is 2. The van der Waals surface area contributed by atoms with Gasteiger partial charge < -0.3 is 18.6 Å². The molecule has 6 nitrogen and oxygen atoms in total. The first kappa shape index (κ1) is 13.7. The van der Waals surface area contributed by atoms with Crippen molar-refractivity contribution < 1.29 is 28.2 Å². The fourth-order valence-corrected chi connectivity index (χ4v) is 1.48. The summed E-state index contributed by atoms with van der Waals surface area (Å²) in [5.74, 6) is -0.350. The fourth-order valence-electron chi connectivity index (χ4n) is 1.48. The Labute approximate surface area is 114 Å². The van der Waals surface area contributed by atoms with Gasteiger partial charge in [-0.25, -0.2) is 9.59 Å². The van der Waals surface area contributed by atoms with Crippen LogP contribution in [0.1, 0.15) is 20.9 Å². The summed E-state index contributed by atoms with van der Waals surface area (Å²) in [6.07, 6.45) is 0. The third kappa shape index (κ3) is 2.97. The lowest BCUT2D eigenvalue weighted by Gasteiger charge is -2.03. The van der Waals surface area contributed by atoms with Crippen LogP contribution in [-0.4, -0.2) is 26.2 Å². The van der Waals surface area contributed by atoms with Crippen LogP contribution < -0.4 is 4.74 Å². The van der Waals surface area contributed by atoms with E-state index in [1.54, 1.807) is 24.3 Å². The Hall–Kier alpha value is -2.76. The number of hydrogen-bond acceptors (Lipinski definition) is 6. The van der Waals surface area contributed by atoms with Crippen LogP contribution in [0.2, 0.25) is 0 Å². The summed E-state index contributed by atoms with van der Waals surface area (Å²) in [7, 11) is 2.57.